The van der Waals surface area contributed by atoms with E-state index in [1.54, 1.807) is 0 Å². The summed E-state index contributed by atoms with van der Waals surface area (Å²) in [6.45, 7) is 3.66. The van der Waals surface area contributed by atoms with Gasteiger partial charge in [-0.1, -0.05) is 13.3 Å². The van der Waals surface area contributed by atoms with Crippen molar-refractivity contribution in [2.24, 2.45) is 11.8 Å². The molecule has 0 spiro atoms. The molecule has 2 aliphatic rings. The minimum absolute atomic E-state index is 0.0743. The van der Waals surface area contributed by atoms with E-state index < -0.39 is 5.97 Å². The van der Waals surface area contributed by atoms with Crippen molar-refractivity contribution in [3.05, 3.63) is 0 Å². The summed E-state index contributed by atoms with van der Waals surface area (Å²) in [5.41, 5.74) is 0. The van der Waals surface area contributed by atoms with Crippen LogP contribution in [0.1, 0.15) is 51.9 Å². The SMILES string of the molecule is CCC(CCNC(=O)N1CC2CCC1C2)CCC(=O)O. The van der Waals surface area contributed by atoms with Crippen LogP contribution in [0.3, 0.4) is 0 Å². The van der Waals surface area contributed by atoms with Gasteiger partial charge in [0.2, 0.25) is 0 Å². The van der Waals surface area contributed by atoms with E-state index >= 15 is 0 Å². The van der Waals surface area contributed by atoms with Gasteiger partial charge in [-0.05, 0) is 43.9 Å². The molecule has 3 unspecified atom stereocenters. The van der Waals surface area contributed by atoms with Crippen LogP contribution in [0.2, 0.25) is 0 Å². The lowest BCUT2D eigenvalue weighted by Gasteiger charge is -2.27. The number of carbonyl (C=O) groups is 2. The number of carbonyl (C=O) groups excluding carboxylic acids is 1. The Balaban J connectivity index is 1.64. The van der Waals surface area contributed by atoms with Crippen LogP contribution in [0, 0.1) is 11.8 Å². The predicted octanol–water partition coefficient (Wildman–Crippen LogP) is 2.46. The molecule has 3 atom stereocenters. The Hall–Kier alpha value is -1.26. The number of carboxylic acid groups (broad SMARTS) is 1. The van der Waals surface area contributed by atoms with E-state index in [1.807, 2.05) is 4.90 Å². The molecular weight excluding hydrogens is 256 g/mol. The third-order valence-electron chi connectivity index (χ3n) is 4.84. The van der Waals surface area contributed by atoms with Gasteiger partial charge in [-0.15, -0.1) is 0 Å². The first-order chi connectivity index (χ1) is 9.60. The first-order valence-electron chi connectivity index (χ1n) is 7.86. The van der Waals surface area contributed by atoms with Gasteiger partial charge in [-0.2, -0.15) is 0 Å². The molecule has 1 saturated heterocycles. The highest BCUT2D eigenvalue weighted by atomic mass is 16.4. The minimum Gasteiger partial charge on any atom is -0.481 e. The molecule has 1 aliphatic carbocycles. The lowest BCUT2D eigenvalue weighted by atomic mass is 9.97. The van der Waals surface area contributed by atoms with Crippen LogP contribution >= 0.6 is 0 Å². The van der Waals surface area contributed by atoms with Gasteiger partial charge in [-0.25, -0.2) is 4.79 Å². The second-order valence-electron chi connectivity index (χ2n) is 6.21. The van der Waals surface area contributed by atoms with E-state index in [9.17, 15) is 9.59 Å². The lowest BCUT2D eigenvalue weighted by Crippen LogP contribution is -2.44. The van der Waals surface area contributed by atoms with E-state index in [0.29, 0.717) is 24.9 Å². The molecule has 2 bridgehead atoms. The van der Waals surface area contributed by atoms with Crippen molar-refractivity contribution in [2.75, 3.05) is 13.1 Å². The summed E-state index contributed by atoms with van der Waals surface area (Å²) >= 11 is 0. The number of aliphatic carboxylic acids is 1. The van der Waals surface area contributed by atoms with Crippen molar-refractivity contribution in [1.82, 2.24) is 10.2 Å². The summed E-state index contributed by atoms with van der Waals surface area (Å²) in [4.78, 5) is 24.7. The largest absolute Gasteiger partial charge is 0.481 e. The van der Waals surface area contributed by atoms with Crippen molar-refractivity contribution >= 4 is 12.0 Å². The molecule has 5 heteroatoms. The van der Waals surface area contributed by atoms with E-state index in [4.69, 9.17) is 5.11 Å². The Morgan fingerprint density at radius 3 is 2.70 bits per heavy atom. The van der Waals surface area contributed by atoms with Crippen molar-refractivity contribution in [3.63, 3.8) is 0 Å². The number of nitrogens with one attached hydrogen (secondary N) is 1. The molecule has 1 heterocycles. The molecule has 0 radical (unpaired) electrons. The van der Waals surface area contributed by atoms with Gasteiger partial charge in [0.25, 0.3) is 0 Å². The molecule has 1 saturated carbocycles. The van der Waals surface area contributed by atoms with Crippen LogP contribution in [0.5, 0.6) is 0 Å². The molecule has 2 rings (SSSR count). The average Bonchev–Trinajstić information content (AvgIpc) is 3.04. The number of nitrogens with zero attached hydrogens (tertiary/aromatic N) is 1. The fourth-order valence-electron chi connectivity index (χ4n) is 3.54. The minimum atomic E-state index is -0.736. The zero-order valence-corrected chi connectivity index (χ0v) is 12.3. The summed E-state index contributed by atoms with van der Waals surface area (Å²) in [6.07, 6.45) is 6.40. The zero-order chi connectivity index (χ0) is 14.5. The van der Waals surface area contributed by atoms with Crippen molar-refractivity contribution in [3.8, 4) is 0 Å². The van der Waals surface area contributed by atoms with Gasteiger partial charge in [0.15, 0.2) is 0 Å². The van der Waals surface area contributed by atoms with Gasteiger partial charge in [0, 0.05) is 25.6 Å². The molecule has 2 N–H and O–H groups in total. The van der Waals surface area contributed by atoms with E-state index in [2.05, 4.69) is 12.2 Å². The van der Waals surface area contributed by atoms with Crippen LogP contribution in [-0.4, -0.2) is 41.1 Å². The summed E-state index contributed by atoms with van der Waals surface area (Å²) < 4.78 is 0. The molecule has 20 heavy (non-hydrogen) atoms. The van der Waals surface area contributed by atoms with Crippen LogP contribution < -0.4 is 5.32 Å². The Kier molecular flexibility index (Phi) is 5.26. The molecule has 1 aliphatic heterocycles. The molecule has 5 nitrogen and oxygen atoms in total. The standard InChI is InChI=1S/C15H26N2O3/c1-2-11(4-6-14(18)19)7-8-16-15(20)17-10-12-3-5-13(17)9-12/h11-13H,2-10H2,1H3,(H,16,20)(H,18,19). The van der Waals surface area contributed by atoms with Crippen LogP contribution in [0.15, 0.2) is 0 Å². The van der Waals surface area contributed by atoms with Crippen LogP contribution in [0.4, 0.5) is 4.79 Å². The fraction of sp³-hybridized carbons (Fsp3) is 0.867. The maximum atomic E-state index is 12.1. The highest BCUT2D eigenvalue weighted by Crippen LogP contribution is 2.37. The first-order valence-corrected chi connectivity index (χ1v) is 7.86. The van der Waals surface area contributed by atoms with Crippen LogP contribution in [0.25, 0.3) is 0 Å². The molecule has 0 aromatic heterocycles. The topological polar surface area (TPSA) is 69.6 Å². The molecular formula is C15H26N2O3. The fourth-order valence-corrected chi connectivity index (χ4v) is 3.54. The molecule has 2 amide bonds. The molecule has 0 aromatic rings. The second kappa shape index (κ2) is 6.95. The van der Waals surface area contributed by atoms with Crippen molar-refractivity contribution < 1.29 is 14.7 Å². The quantitative estimate of drug-likeness (QED) is 0.753. The lowest BCUT2D eigenvalue weighted by molar-refractivity contribution is -0.137. The number of piperidine rings is 1. The van der Waals surface area contributed by atoms with Gasteiger partial charge in [-0.3, -0.25) is 4.79 Å². The Morgan fingerprint density at radius 2 is 2.15 bits per heavy atom. The monoisotopic (exact) mass is 282 g/mol. The molecule has 114 valence electrons. The number of fused-ring (bicyclic) bond motifs is 2. The van der Waals surface area contributed by atoms with Gasteiger partial charge in [0.05, 0.1) is 0 Å². The number of rotatable bonds is 7. The van der Waals surface area contributed by atoms with Gasteiger partial charge in [0.1, 0.15) is 0 Å². The normalized spacial score (nSPS) is 25.8. The summed E-state index contributed by atoms with van der Waals surface area (Å²) in [6, 6.07) is 0.541. The van der Waals surface area contributed by atoms with Crippen LogP contribution in [-0.2, 0) is 4.79 Å². The number of urea groups is 1. The smallest absolute Gasteiger partial charge is 0.317 e. The predicted molar refractivity (Wildman–Crippen MR) is 76.5 cm³/mol. The van der Waals surface area contributed by atoms with Crippen molar-refractivity contribution in [1.29, 1.82) is 0 Å². The summed E-state index contributed by atoms with van der Waals surface area (Å²) in [5.74, 6) is 0.381. The number of amides is 2. The highest BCUT2D eigenvalue weighted by Gasteiger charge is 2.40. The Morgan fingerprint density at radius 1 is 1.35 bits per heavy atom. The summed E-state index contributed by atoms with van der Waals surface area (Å²) in [7, 11) is 0. The van der Waals surface area contributed by atoms with E-state index in [0.717, 1.165) is 31.7 Å². The third-order valence-corrected chi connectivity index (χ3v) is 4.84. The number of likely N-dealkylation sites (tertiary alicyclic amines) is 1. The Bertz CT molecular complexity index is 359. The number of hydrogen-bond acceptors (Lipinski definition) is 2. The van der Waals surface area contributed by atoms with Gasteiger partial charge < -0.3 is 15.3 Å². The third kappa shape index (κ3) is 3.87. The number of hydrogen-bond donors (Lipinski definition) is 2. The maximum Gasteiger partial charge on any atom is 0.317 e. The summed E-state index contributed by atoms with van der Waals surface area (Å²) in [5, 5.41) is 11.7. The zero-order valence-electron chi connectivity index (χ0n) is 12.3. The second-order valence-corrected chi connectivity index (χ2v) is 6.21. The van der Waals surface area contributed by atoms with E-state index in [1.165, 1.54) is 12.8 Å². The Labute approximate surface area is 120 Å². The molecule has 2 fully saturated rings. The first kappa shape index (κ1) is 15.1. The van der Waals surface area contributed by atoms with E-state index in [-0.39, 0.29) is 12.5 Å². The average molecular weight is 282 g/mol. The molecule has 0 aromatic carbocycles. The highest BCUT2D eigenvalue weighted by molar-refractivity contribution is 5.75. The van der Waals surface area contributed by atoms with Crippen molar-refractivity contribution in [2.45, 2.75) is 57.9 Å². The maximum absolute atomic E-state index is 12.1. The van der Waals surface area contributed by atoms with Gasteiger partial charge >= 0.3 is 12.0 Å². The number of carboxylic acids is 1.